The van der Waals surface area contributed by atoms with Crippen molar-refractivity contribution in [3.63, 3.8) is 0 Å². The molecule has 2 aromatic heterocycles. The van der Waals surface area contributed by atoms with E-state index in [0.717, 1.165) is 48.7 Å². The number of aryl methyl sites for hydroxylation is 1. The van der Waals surface area contributed by atoms with E-state index in [-0.39, 0.29) is 23.3 Å². The molecule has 1 fully saturated rings. The minimum atomic E-state index is -4.44. The van der Waals surface area contributed by atoms with E-state index in [4.69, 9.17) is 14.2 Å². The van der Waals surface area contributed by atoms with Crippen LogP contribution >= 0.6 is 11.8 Å². The van der Waals surface area contributed by atoms with Crippen molar-refractivity contribution in [3.8, 4) is 17.2 Å². The number of alkyl halides is 3. The highest BCUT2D eigenvalue weighted by Gasteiger charge is 2.33. The number of hydrogen-bond donors (Lipinski definition) is 1. The molecule has 1 N–H and O–H groups in total. The molecule has 5 rings (SSSR count). The molecular weight excluding hydrogens is 585 g/mol. The Bertz CT molecular complexity index is 1600. The average molecular weight is 617 g/mol. The van der Waals surface area contributed by atoms with Gasteiger partial charge >= 0.3 is 6.18 Å². The average Bonchev–Trinajstić information content (AvgIpc) is 3.41. The fourth-order valence-corrected chi connectivity index (χ4v) is 5.91. The molecular formula is C29H31F3N6O4S. The van der Waals surface area contributed by atoms with Gasteiger partial charge in [-0.1, -0.05) is 30.0 Å². The van der Waals surface area contributed by atoms with E-state index >= 15 is 0 Å². The lowest BCUT2D eigenvalue weighted by atomic mass is 10.0. The van der Waals surface area contributed by atoms with E-state index in [2.05, 4.69) is 25.3 Å². The number of methoxy groups -OCH3 is 3. The summed E-state index contributed by atoms with van der Waals surface area (Å²) >= 11 is 1.12. The summed E-state index contributed by atoms with van der Waals surface area (Å²) in [6.07, 6.45) is -2.86. The van der Waals surface area contributed by atoms with Crippen LogP contribution in [0.2, 0.25) is 0 Å². The molecule has 0 radical (unpaired) electrons. The summed E-state index contributed by atoms with van der Waals surface area (Å²) in [7, 11) is 4.48. The smallest absolute Gasteiger partial charge is 0.416 e. The van der Waals surface area contributed by atoms with E-state index in [0.29, 0.717) is 40.3 Å². The monoisotopic (exact) mass is 616 g/mol. The fraction of sp³-hybridized carbons (Fsp3) is 0.379. The second kappa shape index (κ2) is 12.6. The van der Waals surface area contributed by atoms with Gasteiger partial charge in [-0.15, -0.1) is 5.10 Å². The van der Waals surface area contributed by atoms with E-state index < -0.39 is 11.7 Å². The van der Waals surface area contributed by atoms with E-state index in [1.165, 1.54) is 33.5 Å². The molecule has 1 amide bonds. The molecule has 0 bridgehead atoms. The molecule has 0 aliphatic carbocycles. The van der Waals surface area contributed by atoms with Crippen molar-refractivity contribution in [2.75, 3.05) is 39.3 Å². The number of fused-ring (bicyclic) bond motifs is 1. The third kappa shape index (κ3) is 6.58. The SMILES string of the molecule is COc1cc(C(=O)NC2CCCN(c3cc(C)nc4nc(SCc5ccccc5C(F)(F)F)nn34)C2)cc(OC)c1OC. The number of nitrogens with one attached hydrogen (secondary N) is 1. The number of benzene rings is 2. The minimum absolute atomic E-state index is 0.0552. The Morgan fingerprint density at radius 3 is 2.47 bits per heavy atom. The zero-order valence-corrected chi connectivity index (χ0v) is 24.9. The van der Waals surface area contributed by atoms with Crippen LogP contribution in [0.5, 0.6) is 17.2 Å². The Balaban J connectivity index is 1.33. The molecule has 228 valence electrons. The van der Waals surface area contributed by atoms with Crippen LogP contribution in [0.3, 0.4) is 0 Å². The number of thioether (sulfide) groups is 1. The first-order chi connectivity index (χ1) is 20.6. The van der Waals surface area contributed by atoms with Gasteiger partial charge in [-0.05, 0) is 43.5 Å². The zero-order chi connectivity index (χ0) is 30.7. The molecule has 1 unspecified atom stereocenters. The molecule has 43 heavy (non-hydrogen) atoms. The number of amides is 1. The lowest BCUT2D eigenvalue weighted by Crippen LogP contribution is -2.48. The molecule has 0 saturated carbocycles. The van der Waals surface area contributed by atoms with Gasteiger partial charge in [0, 0.05) is 42.2 Å². The number of hydrogen-bond acceptors (Lipinski definition) is 9. The Morgan fingerprint density at radius 1 is 1.07 bits per heavy atom. The number of anilines is 1. The predicted molar refractivity (Wildman–Crippen MR) is 155 cm³/mol. The molecule has 3 heterocycles. The highest BCUT2D eigenvalue weighted by atomic mass is 32.2. The fourth-order valence-electron chi connectivity index (χ4n) is 5.08. The maximum absolute atomic E-state index is 13.4. The van der Waals surface area contributed by atoms with Gasteiger partial charge in [0.2, 0.25) is 10.9 Å². The molecule has 2 aromatic carbocycles. The van der Waals surface area contributed by atoms with Crippen molar-refractivity contribution < 1.29 is 32.2 Å². The van der Waals surface area contributed by atoms with Crippen LogP contribution in [0.1, 0.15) is 40.0 Å². The number of rotatable bonds is 9. The van der Waals surface area contributed by atoms with E-state index in [1.54, 1.807) is 22.7 Å². The number of halogens is 3. The molecule has 10 nitrogen and oxygen atoms in total. The lowest BCUT2D eigenvalue weighted by molar-refractivity contribution is -0.138. The Kier molecular flexibility index (Phi) is 8.85. The lowest BCUT2D eigenvalue weighted by Gasteiger charge is -2.34. The van der Waals surface area contributed by atoms with Gasteiger partial charge in [0.15, 0.2) is 11.5 Å². The molecule has 4 aromatic rings. The third-order valence-electron chi connectivity index (χ3n) is 7.09. The summed E-state index contributed by atoms with van der Waals surface area (Å²) in [5.74, 6) is 2.04. The number of carbonyl (C=O) groups excluding carboxylic acids is 1. The zero-order valence-electron chi connectivity index (χ0n) is 24.1. The minimum Gasteiger partial charge on any atom is -0.493 e. The van der Waals surface area contributed by atoms with E-state index in [9.17, 15) is 18.0 Å². The van der Waals surface area contributed by atoms with Crippen LogP contribution in [0, 0.1) is 6.92 Å². The van der Waals surface area contributed by atoms with Crippen molar-refractivity contribution >= 4 is 29.3 Å². The van der Waals surface area contributed by atoms with Gasteiger partial charge < -0.3 is 24.4 Å². The van der Waals surface area contributed by atoms with E-state index in [1.807, 2.05) is 13.0 Å². The number of carbonyl (C=O) groups is 1. The van der Waals surface area contributed by atoms with Crippen LogP contribution in [-0.2, 0) is 11.9 Å². The molecule has 1 atom stereocenters. The summed E-state index contributed by atoms with van der Waals surface area (Å²) in [5, 5.41) is 8.01. The van der Waals surface area contributed by atoms with Gasteiger partial charge in [-0.25, -0.2) is 4.98 Å². The van der Waals surface area contributed by atoms with Crippen molar-refractivity contribution in [1.29, 1.82) is 0 Å². The quantitative estimate of drug-likeness (QED) is 0.255. The van der Waals surface area contributed by atoms with Gasteiger partial charge in [-0.3, -0.25) is 4.79 Å². The van der Waals surface area contributed by atoms with Gasteiger partial charge in [0.05, 0.1) is 26.9 Å². The standard InChI is InChI=1S/C29H31F3N6O4S/c1-17-12-24(38-27(33-17)35-28(36-38)43-16-18-8-5-6-10-21(18)29(30,31)32)37-11-7-9-20(15-37)34-26(39)19-13-22(40-2)25(42-4)23(14-19)41-3/h5-6,8,10,12-14,20H,7,9,11,15-16H2,1-4H3,(H,34,39). The first kappa shape index (κ1) is 30.3. The molecule has 1 aliphatic heterocycles. The number of nitrogens with zero attached hydrogens (tertiary/aromatic N) is 5. The number of ether oxygens (including phenoxy) is 3. The summed E-state index contributed by atoms with van der Waals surface area (Å²) in [6.45, 7) is 3.07. The van der Waals surface area contributed by atoms with Crippen LogP contribution in [-0.4, -0.2) is 65.9 Å². The van der Waals surface area contributed by atoms with Crippen molar-refractivity contribution in [2.24, 2.45) is 0 Å². The largest absolute Gasteiger partial charge is 0.493 e. The van der Waals surface area contributed by atoms with Gasteiger partial charge in [0.1, 0.15) is 5.82 Å². The van der Waals surface area contributed by atoms with Crippen LogP contribution in [0.4, 0.5) is 19.0 Å². The van der Waals surface area contributed by atoms with Crippen LogP contribution < -0.4 is 24.4 Å². The van der Waals surface area contributed by atoms with Gasteiger partial charge in [-0.2, -0.15) is 22.7 Å². The first-order valence-electron chi connectivity index (χ1n) is 13.5. The molecule has 1 saturated heterocycles. The number of piperidine rings is 1. The topological polar surface area (TPSA) is 103 Å². The highest BCUT2D eigenvalue weighted by molar-refractivity contribution is 7.98. The van der Waals surface area contributed by atoms with Crippen molar-refractivity contribution in [2.45, 2.75) is 42.9 Å². The second-order valence-electron chi connectivity index (χ2n) is 9.98. The molecule has 1 aliphatic rings. The number of aromatic nitrogens is 4. The molecule has 14 heteroatoms. The normalized spacial score (nSPS) is 15.4. The summed E-state index contributed by atoms with van der Waals surface area (Å²) < 4.78 is 58.1. The summed E-state index contributed by atoms with van der Waals surface area (Å²) in [6, 6.07) is 10.4. The third-order valence-corrected chi connectivity index (χ3v) is 7.98. The highest BCUT2D eigenvalue weighted by Crippen LogP contribution is 2.38. The Labute approximate surface area is 250 Å². The summed E-state index contributed by atoms with van der Waals surface area (Å²) in [5.41, 5.74) is 0.579. The Hall–Kier alpha value is -4.20. The predicted octanol–water partition coefficient (Wildman–Crippen LogP) is 5.17. The summed E-state index contributed by atoms with van der Waals surface area (Å²) in [4.78, 5) is 24.3. The maximum atomic E-state index is 13.4. The second-order valence-corrected chi connectivity index (χ2v) is 10.9. The van der Waals surface area contributed by atoms with Crippen molar-refractivity contribution in [1.82, 2.24) is 24.9 Å². The van der Waals surface area contributed by atoms with Crippen molar-refractivity contribution in [3.05, 3.63) is 64.8 Å². The Morgan fingerprint density at radius 2 is 1.79 bits per heavy atom. The van der Waals surface area contributed by atoms with Crippen LogP contribution in [0.25, 0.3) is 5.78 Å². The van der Waals surface area contributed by atoms with Crippen LogP contribution in [0.15, 0.2) is 47.6 Å². The molecule has 0 spiro atoms. The first-order valence-corrected chi connectivity index (χ1v) is 14.5. The maximum Gasteiger partial charge on any atom is 0.416 e. The van der Waals surface area contributed by atoms with Gasteiger partial charge in [0.25, 0.3) is 11.7 Å².